The van der Waals surface area contributed by atoms with Crippen molar-refractivity contribution < 1.29 is 9.59 Å². The molecule has 0 saturated heterocycles. The maximum Gasteiger partial charge on any atom is 0.266 e. The Bertz CT molecular complexity index is 1250. The van der Waals surface area contributed by atoms with E-state index in [0.29, 0.717) is 16.8 Å². The Balaban J connectivity index is 1.61. The average molecular weight is 367 g/mol. The lowest BCUT2D eigenvalue weighted by Crippen LogP contribution is -2.29. The van der Waals surface area contributed by atoms with Crippen molar-refractivity contribution in [2.24, 2.45) is 7.05 Å². The van der Waals surface area contributed by atoms with Crippen molar-refractivity contribution in [1.82, 2.24) is 9.55 Å². The third-order valence-electron chi connectivity index (χ3n) is 5.27. The van der Waals surface area contributed by atoms with Crippen LogP contribution >= 0.6 is 0 Å². The lowest BCUT2D eigenvalue weighted by molar-refractivity contribution is 0.0926. The molecule has 0 fully saturated rings. The number of imide groups is 1. The summed E-state index contributed by atoms with van der Waals surface area (Å²) in [5.41, 5.74) is 5.48. The number of fused-ring (bicyclic) bond motifs is 2. The van der Waals surface area contributed by atoms with Gasteiger partial charge in [-0.3, -0.25) is 14.6 Å². The molecule has 136 valence electrons. The van der Waals surface area contributed by atoms with E-state index in [-0.39, 0.29) is 11.8 Å². The highest BCUT2D eigenvalue weighted by molar-refractivity contribution is 6.34. The summed E-state index contributed by atoms with van der Waals surface area (Å²) in [6.07, 6.45) is 3.31. The van der Waals surface area contributed by atoms with Crippen LogP contribution < -0.4 is 4.90 Å². The van der Waals surface area contributed by atoms with Crippen molar-refractivity contribution in [2.75, 3.05) is 4.90 Å². The normalized spacial score (nSPS) is 13.4. The van der Waals surface area contributed by atoms with E-state index in [1.54, 1.807) is 36.7 Å². The summed E-state index contributed by atoms with van der Waals surface area (Å²) >= 11 is 0. The molecule has 0 radical (unpaired) electrons. The van der Waals surface area contributed by atoms with E-state index in [0.717, 1.165) is 22.2 Å². The van der Waals surface area contributed by atoms with Gasteiger partial charge in [0.15, 0.2) is 0 Å². The molecule has 0 N–H and O–H groups in total. The first-order valence-electron chi connectivity index (χ1n) is 9.04. The Labute approximate surface area is 161 Å². The number of aromatic nitrogens is 2. The molecular formula is C23H17N3O2. The number of hydrogen-bond donors (Lipinski definition) is 0. The van der Waals surface area contributed by atoms with Crippen molar-refractivity contribution in [3.8, 4) is 11.3 Å². The number of amides is 2. The van der Waals surface area contributed by atoms with E-state index in [1.165, 1.54) is 10.5 Å². The molecule has 1 aliphatic rings. The van der Waals surface area contributed by atoms with Crippen LogP contribution in [-0.2, 0) is 7.05 Å². The van der Waals surface area contributed by atoms with Crippen molar-refractivity contribution in [1.29, 1.82) is 0 Å². The molecule has 0 spiro atoms. The van der Waals surface area contributed by atoms with Crippen molar-refractivity contribution in [2.45, 2.75) is 6.92 Å². The molecule has 1 aliphatic heterocycles. The van der Waals surface area contributed by atoms with Gasteiger partial charge in [0.2, 0.25) is 0 Å². The van der Waals surface area contributed by atoms with E-state index < -0.39 is 0 Å². The maximum atomic E-state index is 12.8. The van der Waals surface area contributed by atoms with Gasteiger partial charge in [0.05, 0.1) is 28.7 Å². The Morgan fingerprint density at radius 2 is 1.57 bits per heavy atom. The molecule has 2 amide bonds. The number of pyridine rings is 1. The van der Waals surface area contributed by atoms with Crippen LogP contribution in [0.5, 0.6) is 0 Å². The van der Waals surface area contributed by atoms with E-state index in [9.17, 15) is 9.59 Å². The summed E-state index contributed by atoms with van der Waals surface area (Å²) in [5.74, 6) is -0.626. The zero-order chi connectivity index (χ0) is 19.4. The quantitative estimate of drug-likeness (QED) is 0.495. The lowest BCUT2D eigenvalue weighted by Gasteiger charge is -2.14. The Morgan fingerprint density at radius 1 is 0.857 bits per heavy atom. The van der Waals surface area contributed by atoms with Gasteiger partial charge in [0.1, 0.15) is 0 Å². The van der Waals surface area contributed by atoms with Crippen LogP contribution in [0.3, 0.4) is 0 Å². The second-order valence-electron chi connectivity index (χ2n) is 7.07. The van der Waals surface area contributed by atoms with Gasteiger partial charge >= 0.3 is 0 Å². The number of nitrogens with zero attached hydrogens (tertiary/aromatic N) is 3. The predicted octanol–water partition coefficient (Wildman–Crippen LogP) is 4.35. The minimum atomic E-state index is -0.313. The molecule has 0 atom stereocenters. The van der Waals surface area contributed by atoms with Crippen molar-refractivity contribution in [3.05, 3.63) is 83.7 Å². The molecule has 5 nitrogen and oxygen atoms in total. The summed E-state index contributed by atoms with van der Waals surface area (Å²) in [6.45, 7) is 2.07. The molecule has 2 aromatic heterocycles. The number of rotatable bonds is 2. The van der Waals surface area contributed by atoms with Gasteiger partial charge in [-0.05, 0) is 42.8 Å². The van der Waals surface area contributed by atoms with Crippen LogP contribution in [-0.4, -0.2) is 21.4 Å². The summed E-state index contributed by atoms with van der Waals surface area (Å²) in [4.78, 5) is 31.1. The zero-order valence-corrected chi connectivity index (χ0v) is 15.5. The molecule has 5 heteroatoms. The first-order chi connectivity index (χ1) is 13.5. The van der Waals surface area contributed by atoms with Gasteiger partial charge < -0.3 is 4.57 Å². The van der Waals surface area contributed by atoms with E-state index in [2.05, 4.69) is 40.7 Å². The predicted molar refractivity (Wildman–Crippen MR) is 108 cm³/mol. The Morgan fingerprint density at radius 3 is 2.29 bits per heavy atom. The average Bonchev–Trinajstić information content (AvgIpc) is 3.17. The summed E-state index contributed by atoms with van der Waals surface area (Å²) in [7, 11) is 2.01. The third kappa shape index (κ3) is 2.29. The number of hydrogen-bond acceptors (Lipinski definition) is 3. The second kappa shape index (κ2) is 5.89. The zero-order valence-electron chi connectivity index (χ0n) is 15.5. The van der Waals surface area contributed by atoms with E-state index in [4.69, 9.17) is 0 Å². The monoisotopic (exact) mass is 367 g/mol. The maximum absolute atomic E-state index is 12.8. The van der Waals surface area contributed by atoms with Crippen LogP contribution in [0.15, 0.2) is 67.0 Å². The molecule has 0 saturated carbocycles. The van der Waals surface area contributed by atoms with Gasteiger partial charge in [-0.25, -0.2) is 4.90 Å². The molecule has 3 heterocycles. The highest BCUT2D eigenvalue weighted by Crippen LogP contribution is 2.32. The second-order valence-corrected chi connectivity index (χ2v) is 7.07. The van der Waals surface area contributed by atoms with Crippen LogP contribution in [0.1, 0.15) is 26.3 Å². The summed E-state index contributed by atoms with van der Waals surface area (Å²) in [6, 6.07) is 17.1. The van der Waals surface area contributed by atoms with E-state index >= 15 is 0 Å². The molecule has 28 heavy (non-hydrogen) atoms. The molecule has 0 aliphatic carbocycles. The number of carbonyl (C=O) groups excluding carboxylic acids is 2. The Hall–Kier alpha value is -3.73. The topological polar surface area (TPSA) is 55.2 Å². The highest BCUT2D eigenvalue weighted by Gasteiger charge is 2.36. The van der Waals surface area contributed by atoms with Crippen LogP contribution in [0.25, 0.3) is 22.2 Å². The molecule has 4 aromatic rings. The van der Waals surface area contributed by atoms with Gasteiger partial charge in [-0.15, -0.1) is 0 Å². The molecular weight excluding hydrogens is 350 g/mol. The van der Waals surface area contributed by atoms with Crippen molar-refractivity contribution in [3.63, 3.8) is 0 Å². The number of carbonyl (C=O) groups is 2. The minimum Gasteiger partial charge on any atom is -0.344 e. The van der Waals surface area contributed by atoms with Gasteiger partial charge in [-0.2, -0.15) is 0 Å². The fraction of sp³-hybridized carbons (Fsp3) is 0.0870. The van der Waals surface area contributed by atoms with Crippen molar-refractivity contribution >= 4 is 28.4 Å². The van der Waals surface area contributed by atoms with Crippen LogP contribution in [0, 0.1) is 6.92 Å². The smallest absolute Gasteiger partial charge is 0.266 e. The molecule has 0 unspecified atom stereocenters. The molecule has 5 rings (SSSR count). The molecule has 2 aromatic carbocycles. The fourth-order valence-electron chi connectivity index (χ4n) is 3.83. The van der Waals surface area contributed by atoms with Gasteiger partial charge in [0, 0.05) is 29.7 Å². The summed E-state index contributed by atoms with van der Waals surface area (Å²) in [5, 5.41) is 1.13. The highest BCUT2D eigenvalue weighted by atomic mass is 16.2. The van der Waals surface area contributed by atoms with Crippen LogP contribution in [0.4, 0.5) is 5.69 Å². The first kappa shape index (κ1) is 16.4. The standard InChI is InChI=1S/C23H17N3O2/c1-14-7-8-15-11-21(25(2)20(15)9-14)16-10-17(13-24-12-16)26-22(27)18-5-3-4-6-19(18)23(26)28/h3-13H,1-2H3. The van der Waals surface area contributed by atoms with Crippen LogP contribution in [0.2, 0.25) is 0 Å². The third-order valence-corrected chi connectivity index (χ3v) is 5.27. The number of benzene rings is 2. The first-order valence-corrected chi connectivity index (χ1v) is 9.04. The van der Waals surface area contributed by atoms with Gasteiger partial charge in [0.25, 0.3) is 11.8 Å². The SMILES string of the molecule is Cc1ccc2cc(-c3cncc(N4C(=O)c5ccccc5C4=O)c3)n(C)c2c1. The fourth-order valence-corrected chi connectivity index (χ4v) is 3.83. The molecule has 0 bridgehead atoms. The largest absolute Gasteiger partial charge is 0.344 e. The summed E-state index contributed by atoms with van der Waals surface area (Å²) < 4.78 is 2.10. The van der Waals surface area contributed by atoms with E-state index in [1.807, 2.05) is 13.1 Å². The number of aryl methyl sites for hydroxylation is 2. The Kier molecular flexibility index (Phi) is 3.46. The number of anilines is 1. The van der Waals surface area contributed by atoms with Gasteiger partial charge in [-0.1, -0.05) is 24.3 Å². The minimum absolute atomic E-state index is 0.313. The lowest BCUT2D eigenvalue weighted by atomic mass is 10.1.